The normalized spacial score (nSPS) is 15.7. The van der Waals surface area contributed by atoms with Crippen molar-refractivity contribution in [2.24, 2.45) is 7.05 Å². The van der Waals surface area contributed by atoms with Gasteiger partial charge < -0.3 is 19.6 Å². The van der Waals surface area contributed by atoms with Gasteiger partial charge in [0.25, 0.3) is 0 Å². The molecule has 1 aliphatic rings. The van der Waals surface area contributed by atoms with Crippen molar-refractivity contribution in [1.29, 1.82) is 0 Å². The highest BCUT2D eigenvalue weighted by molar-refractivity contribution is 7.22. The Hall–Kier alpha value is -3.41. The van der Waals surface area contributed by atoms with Crippen LogP contribution in [0.2, 0.25) is 5.02 Å². The van der Waals surface area contributed by atoms with E-state index in [-0.39, 0.29) is 0 Å². The van der Waals surface area contributed by atoms with Gasteiger partial charge in [0.2, 0.25) is 0 Å². The molecule has 2 aromatic carbocycles. The average Bonchev–Trinajstić information content (AvgIpc) is 3.59. The van der Waals surface area contributed by atoms with Crippen LogP contribution in [0.15, 0.2) is 42.5 Å². The number of pyridine rings is 1. The fourth-order valence-corrected chi connectivity index (χ4v) is 7.70. The quantitative estimate of drug-likeness (QED) is 0.171. The maximum atomic E-state index is 12.7. The molecule has 1 N–H and O–H groups in total. The van der Waals surface area contributed by atoms with Crippen LogP contribution in [0.4, 0.5) is 0 Å². The van der Waals surface area contributed by atoms with Gasteiger partial charge >= 0.3 is 5.97 Å². The second-order valence-corrected chi connectivity index (χ2v) is 15.2. The zero-order valence-corrected chi connectivity index (χ0v) is 29.7. The first-order chi connectivity index (χ1) is 22.3. The van der Waals surface area contributed by atoms with Crippen molar-refractivity contribution in [1.82, 2.24) is 29.5 Å². The molecule has 1 fully saturated rings. The molecule has 0 unspecified atom stereocenters. The van der Waals surface area contributed by atoms with Crippen LogP contribution in [-0.2, 0) is 16.6 Å². The highest BCUT2D eigenvalue weighted by Gasteiger charge is 2.33. The molecule has 6 rings (SSSR count). The third-order valence-corrected chi connectivity index (χ3v) is 10.2. The number of hydrogen-bond acceptors (Lipinski definition) is 8. The van der Waals surface area contributed by atoms with Crippen LogP contribution >= 0.6 is 22.9 Å². The van der Waals surface area contributed by atoms with E-state index in [4.69, 9.17) is 31.4 Å². The van der Waals surface area contributed by atoms with E-state index in [2.05, 4.69) is 30.0 Å². The Bertz CT molecular complexity index is 1920. The first-order valence-electron chi connectivity index (χ1n) is 16.1. The van der Waals surface area contributed by atoms with E-state index in [0.29, 0.717) is 16.5 Å². The number of thiazole rings is 1. The van der Waals surface area contributed by atoms with Gasteiger partial charge in [0, 0.05) is 42.2 Å². The second-order valence-electron chi connectivity index (χ2n) is 13.8. The molecule has 9 nitrogen and oxygen atoms in total. The fraction of sp³-hybridized carbons (Fsp3) is 0.444. The molecule has 248 valence electrons. The van der Waals surface area contributed by atoms with Crippen LogP contribution in [0, 0.1) is 6.92 Å². The Morgan fingerprint density at radius 2 is 1.83 bits per heavy atom. The Morgan fingerprint density at radius 1 is 1.13 bits per heavy atom. The molecule has 1 saturated heterocycles. The van der Waals surface area contributed by atoms with E-state index in [1.165, 1.54) is 11.3 Å². The number of likely N-dealkylation sites (N-methyl/N-ethyl adjacent to an activating group) is 1. The van der Waals surface area contributed by atoms with Crippen molar-refractivity contribution in [3.05, 3.63) is 64.3 Å². The molecule has 4 heterocycles. The lowest BCUT2D eigenvalue weighted by Crippen LogP contribution is -2.37. The van der Waals surface area contributed by atoms with E-state index >= 15 is 0 Å². The summed E-state index contributed by atoms with van der Waals surface area (Å²) in [4.78, 5) is 27.8. The van der Waals surface area contributed by atoms with Crippen molar-refractivity contribution in [3.63, 3.8) is 0 Å². The van der Waals surface area contributed by atoms with Gasteiger partial charge in [-0.15, -0.1) is 11.3 Å². The third-order valence-electron chi connectivity index (χ3n) is 8.80. The van der Waals surface area contributed by atoms with E-state index in [1.807, 2.05) is 75.8 Å². The molecule has 3 aromatic heterocycles. The van der Waals surface area contributed by atoms with Gasteiger partial charge in [0.15, 0.2) is 6.10 Å². The molecule has 47 heavy (non-hydrogen) atoms. The van der Waals surface area contributed by atoms with Crippen molar-refractivity contribution in [2.75, 3.05) is 40.3 Å². The number of nitrogens with zero attached hydrogens (tertiary/aromatic N) is 6. The predicted octanol–water partition coefficient (Wildman–Crippen LogP) is 7.56. The van der Waals surface area contributed by atoms with Crippen molar-refractivity contribution < 1.29 is 14.6 Å². The molecule has 0 amide bonds. The first kappa shape index (κ1) is 33.5. The number of ether oxygens (including phenoxy) is 1. The minimum Gasteiger partial charge on any atom is -0.479 e. The summed E-state index contributed by atoms with van der Waals surface area (Å²) in [5, 5.41) is 16.7. The average molecular weight is 675 g/mol. The van der Waals surface area contributed by atoms with Crippen LogP contribution in [0.5, 0.6) is 0 Å². The SMILES string of the molecule is Cc1cc2nc(-c3ccc4c(n3)c(C3CCN(CCN(C)C)CC3)nn4C)sc2c(-c2ccc(Cl)cc2)c1[C@H](OC(C)(C)C)C(=O)O. The number of aromatic nitrogens is 4. The number of carbonyl (C=O) groups is 1. The minimum atomic E-state index is -1.17. The number of carboxylic acids is 1. The maximum Gasteiger partial charge on any atom is 0.337 e. The van der Waals surface area contributed by atoms with Gasteiger partial charge in [-0.2, -0.15) is 5.10 Å². The minimum absolute atomic E-state index is 0.352. The number of halogens is 1. The highest BCUT2D eigenvalue weighted by Crippen LogP contribution is 2.44. The zero-order chi connectivity index (χ0) is 33.6. The number of hydrogen-bond donors (Lipinski definition) is 1. The standard InChI is InChI=1S/C36H43ClN6O3S/c1-21-20-26-33(29(22-8-10-24(37)11-9-22)28(21)32(35(44)45)46-36(2,3)4)47-34(39-26)25-12-13-27-31(38-25)30(40-42(27)7)23-14-16-43(17-15-23)19-18-41(5)6/h8-13,20,23,32H,14-19H2,1-7H3,(H,44,45)/t32-/m0/s1. The number of fused-ring (bicyclic) bond motifs is 2. The largest absolute Gasteiger partial charge is 0.479 e. The summed E-state index contributed by atoms with van der Waals surface area (Å²) in [7, 11) is 6.22. The van der Waals surface area contributed by atoms with Crippen LogP contribution in [-0.4, -0.2) is 86.5 Å². The van der Waals surface area contributed by atoms with Gasteiger partial charge in [0.05, 0.1) is 32.7 Å². The van der Waals surface area contributed by atoms with Crippen LogP contribution < -0.4 is 0 Å². The monoisotopic (exact) mass is 674 g/mol. The number of piperidine rings is 1. The molecule has 0 aliphatic carbocycles. The summed E-state index contributed by atoms with van der Waals surface area (Å²) in [5.74, 6) is -0.688. The summed E-state index contributed by atoms with van der Waals surface area (Å²) in [6, 6.07) is 13.5. The predicted molar refractivity (Wildman–Crippen MR) is 190 cm³/mol. The van der Waals surface area contributed by atoms with Crippen molar-refractivity contribution in [3.8, 4) is 21.8 Å². The number of aliphatic carboxylic acids is 1. The zero-order valence-electron chi connectivity index (χ0n) is 28.2. The number of benzene rings is 2. The molecule has 11 heteroatoms. The van der Waals surface area contributed by atoms with Crippen molar-refractivity contribution >= 4 is 50.2 Å². The smallest absolute Gasteiger partial charge is 0.337 e. The molecule has 0 bridgehead atoms. The lowest BCUT2D eigenvalue weighted by atomic mass is 9.91. The van der Waals surface area contributed by atoms with Crippen molar-refractivity contribution in [2.45, 2.75) is 58.2 Å². The first-order valence-corrected chi connectivity index (χ1v) is 17.3. The molecular weight excluding hydrogens is 632 g/mol. The Balaban J connectivity index is 1.44. The van der Waals surface area contributed by atoms with E-state index in [1.54, 1.807) is 0 Å². The molecular formula is C36H43ClN6O3S. The lowest BCUT2D eigenvalue weighted by molar-refractivity contribution is -0.160. The molecule has 0 saturated carbocycles. The van der Waals surface area contributed by atoms with Crippen LogP contribution in [0.1, 0.15) is 62.5 Å². The fourth-order valence-electron chi connectivity index (χ4n) is 6.48. The molecule has 0 spiro atoms. The summed E-state index contributed by atoms with van der Waals surface area (Å²) >= 11 is 7.79. The second kappa shape index (κ2) is 13.2. The van der Waals surface area contributed by atoms with Gasteiger partial charge in [-0.3, -0.25) is 4.68 Å². The summed E-state index contributed by atoms with van der Waals surface area (Å²) in [5.41, 5.74) is 6.93. The number of rotatable bonds is 9. The number of likely N-dealkylation sites (tertiary alicyclic amines) is 1. The number of carboxylic acid groups (broad SMARTS) is 1. The van der Waals surface area contributed by atoms with E-state index in [9.17, 15) is 9.90 Å². The van der Waals surface area contributed by atoms with Gasteiger partial charge in [0.1, 0.15) is 10.5 Å². The lowest BCUT2D eigenvalue weighted by Gasteiger charge is -2.31. The van der Waals surface area contributed by atoms with Crippen LogP contribution in [0.25, 0.3) is 43.1 Å². The topological polar surface area (TPSA) is 96.6 Å². The summed E-state index contributed by atoms with van der Waals surface area (Å²) < 4.78 is 8.99. The Labute approximate surface area is 285 Å². The molecule has 0 radical (unpaired) electrons. The van der Waals surface area contributed by atoms with E-state index < -0.39 is 17.7 Å². The Morgan fingerprint density at radius 3 is 2.47 bits per heavy atom. The highest BCUT2D eigenvalue weighted by atomic mass is 35.5. The Kier molecular flexibility index (Phi) is 9.43. The third kappa shape index (κ3) is 7.07. The molecule has 5 aromatic rings. The van der Waals surface area contributed by atoms with E-state index in [0.717, 1.165) is 93.4 Å². The van der Waals surface area contributed by atoms with Gasteiger partial charge in [-0.1, -0.05) is 23.7 Å². The molecule has 1 atom stereocenters. The van der Waals surface area contributed by atoms with Gasteiger partial charge in [-0.25, -0.2) is 14.8 Å². The van der Waals surface area contributed by atoms with Gasteiger partial charge in [-0.05, 0) is 109 Å². The maximum absolute atomic E-state index is 12.7. The summed E-state index contributed by atoms with van der Waals surface area (Å²) in [6.45, 7) is 11.8. The summed E-state index contributed by atoms with van der Waals surface area (Å²) in [6.07, 6.45) is 0.943. The van der Waals surface area contributed by atoms with Crippen LogP contribution in [0.3, 0.4) is 0 Å². The molecule has 1 aliphatic heterocycles. The number of aryl methyl sites for hydroxylation is 2.